The monoisotopic (exact) mass is 272 g/mol. The lowest BCUT2D eigenvalue weighted by Gasteiger charge is -2.18. The highest BCUT2D eigenvalue weighted by Gasteiger charge is 2.12. The van der Waals surface area contributed by atoms with E-state index >= 15 is 0 Å². The molecule has 3 nitrogen and oxygen atoms in total. The van der Waals surface area contributed by atoms with E-state index in [0.29, 0.717) is 6.54 Å². The molecule has 0 saturated carbocycles. The molecule has 1 aromatic carbocycles. The van der Waals surface area contributed by atoms with Gasteiger partial charge in [-0.25, -0.2) is 0 Å². The first kappa shape index (κ1) is 14.6. The minimum atomic E-state index is 0.00871. The summed E-state index contributed by atoms with van der Waals surface area (Å²) in [7, 11) is 0. The van der Waals surface area contributed by atoms with Crippen molar-refractivity contribution in [2.45, 2.75) is 41.0 Å². The van der Waals surface area contributed by atoms with Crippen molar-refractivity contribution in [1.29, 1.82) is 0 Å². The summed E-state index contributed by atoms with van der Waals surface area (Å²) in [4.78, 5) is 15.5. The summed E-state index contributed by atoms with van der Waals surface area (Å²) in [6, 6.07) is 5.83. The maximum atomic E-state index is 12.2. The zero-order chi connectivity index (χ0) is 14.9. The number of aromatic nitrogens is 1. The van der Waals surface area contributed by atoms with Crippen molar-refractivity contribution in [3.05, 3.63) is 35.0 Å². The van der Waals surface area contributed by atoms with E-state index in [9.17, 15) is 4.79 Å². The van der Waals surface area contributed by atoms with Gasteiger partial charge in [-0.3, -0.25) is 4.79 Å². The molecule has 0 aliphatic carbocycles. The third-order valence-electron chi connectivity index (χ3n) is 3.73. The van der Waals surface area contributed by atoms with Crippen LogP contribution in [0.2, 0.25) is 0 Å². The molecule has 20 heavy (non-hydrogen) atoms. The van der Waals surface area contributed by atoms with Gasteiger partial charge in [0.25, 0.3) is 5.91 Å². The average Bonchev–Trinajstić information content (AvgIpc) is 2.63. The molecule has 1 amide bonds. The molecule has 0 unspecified atom stereocenters. The number of rotatable bonds is 3. The van der Waals surface area contributed by atoms with Crippen LogP contribution in [0.4, 0.5) is 0 Å². The van der Waals surface area contributed by atoms with Gasteiger partial charge in [-0.2, -0.15) is 0 Å². The van der Waals surface area contributed by atoms with Gasteiger partial charge in [0.1, 0.15) is 0 Å². The Bertz CT molecular complexity index is 632. The maximum absolute atomic E-state index is 12.2. The van der Waals surface area contributed by atoms with Crippen LogP contribution in [0.5, 0.6) is 0 Å². The number of aromatic amines is 1. The molecule has 0 spiro atoms. The molecule has 0 atom stereocenters. The third-order valence-corrected chi connectivity index (χ3v) is 3.73. The lowest BCUT2D eigenvalue weighted by molar-refractivity contribution is 0.0949. The summed E-state index contributed by atoms with van der Waals surface area (Å²) >= 11 is 0. The van der Waals surface area contributed by atoms with E-state index in [1.54, 1.807) is 0 Å². The van der Waals surface area contributed by atoms with Gasteiger partial charge in [-0.1, -0.05) is 20.8 Å². The summed E-state index contributed by atoms with van der Waals surface area (Å²) < 4.78 is 0. The summed E-state index contributed by atoms with van der Waals surface area (Å²) in [5, 5.41) is 4.13. The van der Waals surface area contributed by atoms with Crippen molar-refractivity contribution in [3.8, 4) is 0 Å². The van der Waals surface area contributed by atoms with E-state index in [1.165, 1.54) is 5.56 Å². The molecule has 1 heterocycles. The summed E-state index contributed by atoms with van der Waals surface area (Å²) in [5.41, 5.74) is 4.43. The van der Waals surface area contributed by atoms with Crippen LogP contribution in [-0.2, 0) is 0 Å². The highest BCUT2D eigenvalue weighted by molar-refractivity contribution is 5.99. The quantitative estimate of drug-likeness (QED) is 0.873. The van der Waals surface area contributed by atoms with Crippen molar-refractivity contribution in [3.63, 3.8) is 0 Å². The zero-order valence-electron chi connectivity index (χ0n) is 13.1. The van der Waals surface area contributed by atoms with Crippen molar-refractivity contribution in [2.75, 3.05) is 6.54 Å². The number of fused-ring (bicyclic) bond motifs is 1. The molecule has 3 heteroatoms. The van der Waals surface area contributed by atoms with Crippen LogP contribution in [0.25, 0.3) is 10.9 Å². The Morgan fingerprint density at radius 3 is 2.60 bits per heavy atom. The lowest BCUT2D eigenvalue weighted by Crippen LogP contribution is -2.27. The first-order chi connectivity index (χ1) is 9.28. The van der Waals surface area contributed by atoms with E-state index in [2.05, 4.69) is 44.9 Å². The van der Waals surface area contributed by atoms with Gasteiger partial charge >= 0.3 is 0 Å². The summed E-state index contributed by atoms with van der Waals surface area (Å²) in [5.74, 6) is 0.00871. The fourth-order valence-electron chi connectivity index (χ4n) is 2.26. The Labute approximate surface area is 120 Å². The number of H-pyrrole nitrogens is 1. The van der Waals surface area contributed by atoms with Gasteiger partial charge in [-0.05, 0) is 49.4 Å². The smallest absolute Gasteiger partial charge is 0.251 e. The second-order valence-electron chi connectivity index (χ2n) is 6.70. The first-order valence-electron chi connectivity index (χ1n) is 7.15. The second kappa shape index (κ2) is 5.31. The number of hydrogen-bond donors (Lipinski definition) is 2. The largest absolute Gasteiger partial charge is 0.358 e. The van der Waals surface area contributed by atoms with Crippen molar-refractivity contribution >= 4 is 16.8 Å². The average molecular weight is 272 g/mol. The fourth-order valence-corrected chi connectivity index (χ4v) is 2.26. The fraction of sp³-hybridized carbons (Fsp3) is 0.471. The Morgan fingerprint density at radius 1 is 1.25 bits per heavy atom. The Balaban J connectivity index is 2.12. The second-order valence-corrected chi connectivity index (χ2v) is 6.70. The van der Waals surface area contributed by atoms with E-state index in [0.717, 1.165) is 28.6 Å². The van der Waals surface area contributed by atoms with Gasteiger partial charge in [0.2, 0.25) is 0 Å². The molecule has 0 aliphatic rings. The molecule has 1 aromatic heterocycles. The number of amides is 1. The number of carbonyl (C=O) groups is 1. The molecule has 0 bridgehead atoms. The van der Waals surface area contributed by atoms with Crippen LogP contribution in [-0.4, -0.2) is 17.4 Å². The van der Waals surface area contributed by atoms with E-state index in [4.69, 9.17) is 0 Å². The van der Waals surface area contributed by atoms with Gasteiger partial charge in [-0.15, -0.1) is 0 Å². The zero-order valence-corrected chi connectivity index (χ0v) is 13.1. The standard InChI is InChI=1S/C17H24N2O/c1-11-12(2)19-15-7-6-13(10-14(11)15)16(20)18-9-8-17(3,4)5/h6-7,10,19H,8-9H2,1-5H3,(H,18,20). The maximum Gasteiger partial charge on any atom is 0.251 e. The van der Waals surface area contributed by atoms with Crippen LogP contribution < -0.4 is 5.32 Å². The van der Waals surface area contributed by atoms with Crippen molar-refractivity contribution in [2.24, 2.45) is 5.41 Å². The molecule has 0 radical (unpaired) electrons. The predicted octanol–water partition coefficient (Wildman–Crippen LogP) is 3.95. The summed E-state index contributed by atoms with van der Waals surface area (Å²) in [6.45, 7) is 11.4. The molecule has 2 N–H and O–H groups in total. The Kier molecular flexibility index (Phi) is 3.89. The molecule has 108 valence electrons. The highest BCUT2D eigenvalue weighted by atomic mass is 16.1. The molecule has 0 aliphatic heterocycles. The first-order valence-corrected chi connectivity index (χ1v) is 7.15. The molecule has 0 fully saturated rings. The molecule has 2 rings (SSSR count). The summed E-state index contributed by atoms with van der Waals surface area (Å²) in [6.07, 6.45) is 0.975. The van der Waals surface area contributed by atoms with Gasteiger partial charge in [0.05, 0.1) is 0 Å². The van der Waals surface area contributed by atoms with E-state index in [-0.39, 0.29) is 11.3 Å². The van der Waals surface area contributed by atoms with Crippen LogP contribution >= 0.6 is 0 Å². The predicted molar refractivity (Wildman–Crippen MR) is 84.2 cm³/mol. The van der Waals surface area contributed by atoms with E-state index < -0.39 is 0 Å². The molecule has 2 aromatic rings. The minimum absolute atomic E-state index is 0.00871. The topological polar surface area (TPSA) is 44.9 Å². The van der Waals surface area contributed by atoms with Crippen LogP contribution in [0.3, 0.4) is 0 Å². The molecular weight excluding hydrogens is 248 g/mol. The number of benzene rings is 1. The molecule has 0 saturated heterocycles. The van der Waals surface area contributed by atoms with Crippen LogP contribution in [0, 0.1) is 19.3 Å². The lowest BCUT2D eigenvalue weighted by atomic mass is 9.92. The normalized spacial score (nSPS) is 11.8. The number of nitrogens with one attached hydrogen (secondary N) is 2. The number of hydrogen-bond acceptors (Lipinski definition) is 1. The third kappa shape index (κ3) is 3.21. The van der Waals surface area contributed by atoms with Crippen LogP contribution in [0.1, 0.15) is 48.8 Å². The Morgan fingerprint density at radius 2 is 1.95 bits per heavy atom. The Hall–Kier alpha value is -1.77. The van der Waals surface area contributed by atoms with Crippen molar-refractivity contribution < 1.29 is 4.79 Å². The van der Waals surface area contributed by atoms with Gasteiger partial charge in [0.15, 0.2) is 0 Å². The number of aryl methyl sites for hydroxylation is 2. The minimum Gasteiger partial charge on any atom is -0.358 e. The van der Waals surface area contributed by atoms with Gasteiger partial charge < -0.3 is 10.3 Å². The van der Waals surface area contributed by atoms with Gasteiger partial charge in [0, 0.05) is 28.7 Å². The van der Waals surface area contributed by atoms with Crippen LogP contribution in [0.15, 0.2) is 18.2 Å². The number of carbonyl (C=O) groups excluding carboxylic acids is 1. The van der Waals surface area contributed by atoms with Crippen molar-refractivity contribution in [1.82, 2.24) is 10.3 Å². The van der Waals surface area contributed by atoms with E-state index in [1.807, 2.05) is 18.2 Å². The molecular formula is C17H24N2O. The SMILES string of the molecule is Cc1[nH]c2ccc(C(=O)NCCC(C)(C)C)cc2c1C. The highest BCUT2D eigenvalue weighted by Crippen LogP contribution is 2.22.